The predicted octanol–water partition coefficient (Wildman–Crippen LogP) is 1.17. The lowest BCUT2D eigenvalue weighted by Gasteiger charge is -2.16. The Labute approximate surface area is 101 Å². The highest BCUT2D eigenvalue weighted by Crippen LogP contribution is 2.22. The first-order valence-corrected chi connectivity index (χ1v) is 5.48. The first kappa shape index (κ1) is 13.3. The van der Waals surface area contributed by atoms with E-state index in [0.717, 1.165) is 0 Å². The Hall–Kier alpha value is -1.75. The van der Waals surface area contributed by atoms with Crippen LogP contribution in [0.5, 0.6) is 5.75 Å². The van der Waals surface area contributed by atoms with E-state index in [1.165, 1.54) is 6.07 Å². The zero-order chi connectivity index (χ0) is 12.8. The number of nitrogen functional groups attached to an aromatic ring is 1. The number of hydrogen-bond donors (Lipinski definition) is 2. The van der Waals surface area contributed by atoms with Crippen LogP contribution in [-0.4, -0.2) is 25.2 Å². The second kappa shape index (κ2) is 6.10. The van der Waals surface area contributed by atoms with Gasteiger partial charge in [-0.2, -0.15) is 0 Å². The van der Waals surface area contributed by atoms with E-state index in [1.54, 1.807) is 12.1 Å². The lowest BCUT2D eigenvalue weighted by molar-refractivity contribution is 0.0648. The topological polar surface area (TPSA) is 87.6 Å². The summed E-state index contributed by atoms with van der Waals surface area (Å²) in [7, 11) is 0. The SMILES string of the molecule is CCOCC(C)Oc1ccc(N)cc1C(N)=O. The van der Waals surface area contributed by atoms with Crippen molar-refractivity contribution in [2.45, 2.75) is 20.0 Å². The van der Waals surface area contributed by atoms with E-state index in [9.17, 15) is 4.79 Å². The maximum absolute atomic E-state index is 11.2. The molecule has 0 saturated carbocycles. The number of ether oxygens (including phenoxy) is 2. The molecule has 1 rings (SSSR count). The third kappa shape index (κ3) is 3.96. The van der Waals surface area contributed by atoms with Gasteiger partial charge in [-0.3, -0.25) is 4.79 Å². The van der Waals surface area contributed by atoms with Crippen LogP contribution in [0.3, 0.4) is 0 Å². The number of hydrogen-bond acceptors (Lipinski definition) is 4. The van der Waals surface area contributed by atoms with Crippen LogP contribution in [0, 0.1) is 0 Å². The Bertz CT molecular complexity index is 393. The van der Waals surface area contributed by atoms with Crippen LogP contribution in [0.2, 0.25) is 0 Å². The molecule has 0 aliphatic heterocycles. The molecule has 0 bridgehead atoms. The van der Waals surface area contributed by atoms with Gasteiger partial charge in [-0.1, -0.05) is 0 Å². The zero-order valence-electron chi connectivity index (χ0n) is 10.1. The van der Waals surface area contributed by atoms with Crippen molar-refractivity contribution in [3.63, 3.8) is 0 Å². The molecule has 0 aliphatic carbocycles. The van der Waals surface area contributed by atoms with E-state index >= 15 is 0 Å². The lowest BCUT2D eigenvalue weighted by atomic mass is 10.1. The van der Waals surface area contributed by atoms with E-state index < -0.39 is 5.91 Å². The molecular formula is C12H18N2O3. The van der Waals surface area contributed by atoms with E-state index in [0.29, 0.717) is 24.7 Å². The third-order valence-electron chi connectivity index (χ3n) is 2.15. The van der Waals surface area contributed by atoms with Crippen LogP contribution >= 0.6 is 0 Å². The van der Waals surface area contributed by atoms with Gasteiger partial charge in [0, 0.05) is 12.3 Å². The van der Waals surface area contributed by atoms with Gasteiger partial charge >= 0.3 is 0 Å². The summed E-state index contributed by atoms with van der Waals surface area (Å²) in [5.41, 5.74) is 11.6. The molecule has 1 amide bonds. The minimum atomic E-state index is -0.559. The van der Waals surface area contributed by atoms with Gasteiger partial charge in [0.1, 0.15) is 11.9 Å². The van der Waals surface area contributed by atoms with Gasteiger partial charge < -0.3 is 20.9 Å². The van der Waals surface area contributed by atoms with Crippen LogP contribution in [0.15, 0.2) is 18.2 Å². The number of nitrogens with two attached hydrogens (primary N) is 2. The number of carbonyl (C=O) groups is 1. The third-order valence-corrected chi connectivity index (χ3v) is 2.15. The number of anilines is 1. The summed E-state index contributed by atoms with van der Waals surface area (Å²) in [6, 6.07) is 4.80. The van der Waals surface area contributed by atoms with Crippen LogP contribution in [0.4, 0.5) is 5.69 Å². The maximum atomic E-state index is 11.2. The Morgan fingerprint density at radius 1 is 1.47 bits per heavy atom. The number of amides is 1. The van der Waals surface area contributed by atoms with E-state index in [2.05, 4.69) is 0 Å². The minimum absolute atomic E-state index is 0.156. The highest BCUT2D eigenvalue weighted by Gasteiger charge is 2.12. The average molecular weight is 238 g/mol. The molecule has 0 radical (unpaired) electrons. The summed E-state index contributed by atoms with van der Waals surface area (Å²) in [6.45, 7) is 4.85. The van der Waals surface area contributed by atoms with Crippen molar-refractivity contribution in [3.05, 3.63) is 23.8 Å². The van der Waals surface area contributed by atoms with Crippen LogP contribution in [0.1, 0.15) is 24.2 Å². The van der Waals surface area contributed by atoms with Crippen molar-refractivity contribution in [2.75, 3.05) is 18.9 Å². The number of carbonyl (C=O) groups excluding carboxylic acids is 1. The summed E-state index contributed by atoms with van der Waals surface area (Å²) in [5, 5.41) is 0. The molecule has 94 valence electrons. The van der Waals surface area contributed by atoms with Gasteiger partial charge in [0.05, 0.1) is 12.2 Å². The molecular weight excluding hydrogens is 220 g/mol. The Morgan fingerprint density at radius 3 is 2.76 bits per heavy atom. The molecule has 4 N–H and O–H groups in total. The molecule has 5 heteroatoms. The summed E-state index contributed by atoms with van der Waals surface area (Å²) >= 11 is 0. The number of primary amides is 1. The van der Waals surface area contributed by atoms with Gasteiger partial charge in [0.15, 0.2) is 0 Å². The highest BCUT2D eigenvalue weighted by molar-refractivity contribution is 5.96. The van der Waals surface area contributed by atoms with E-state index in [-0.39, 0.29) is 11.7 Å². The first-order valence-electron chi connectivity index (χ1n) is 5.48. The molecule has 1 aromatic carbocycles. The predicted molar refractivity (Wildman–Crippen MR) is 66.0 cm³/mol. The summed E-state index contributed by atoms with van der Waals surface area (Å²) < 4.78 is 10.8. The molecule has 0 spiro atoms. The average Bonchev–Trinajstić information content (AvgIpc) is 2.28. The van der Waals surface area contributed by atoms with Crippen LogP contribution in [0.25, 0.3) is 0 Å². The van der Waals surface area contributed by atoms with Gasteiger partial charge in [0.2, 0.25) is 0 Å². The van der Waals surface area contributed by atoms with Gasteiger partial charge in [-0.25, -0.2) is 0 Å². The minimum Gasteiger partial charge on any atom is -0.487 e. The van der Waals surface area contributed by atoms with Crippen LogP contribution < -0.4 is 16.2 Å². The maximum Gasteiger partial charge on any atom is 0.252 e. The molecule has 17 heavy (non-hydrogen) atoms. The quantitative estimate of drug-likeness (QED) is 0.728. The van der Waals surface area contributed by atoms with Crippen molar-refractivity contribution in [1.82, 2.24) is 0 Å². The summed E-state index contributed by atoms with van der Waals surface area (Å²) in [6.07, 6.45) is -0.156. The van der Waals surface area contributed by atoms with Crippen LogP contribution in [-0.2, 0) is 4.74 Å². The number of benzene rings is 1. The molecule has 1 atom stereocenters. The van der Waals surface area contributed by atoms with Gasteiger partial charge in [-0.05, 0) is 32.0 Å². The Kier molecular flexibility index (Phi) is 4.78. The van der Waals surface area contributed by atoms with Crippen molar-refractivity contribution in [1.29, 1.82) is 0 Å². The zero-order valence-corrected chi connectivity index (χ0v) is 10.1. The van der Waals surface area contributed by atoms with Crippen molar-refractivity contribution < 1.29 is 14.3 Å². The van der Waals surface area contributed by atoms with Gasteiger partial charge in [0.25, 0.3) is 5.91 Å². The van der Waals surface area contributed by atoms with Crippen molar-refractivity contribution >= 4 is 11.6 Å². The number of rotatable bonds is 6. The molecule has 0 fully saturated rings. The summed E-state index contributed by atoms with van der Waals surface area (Å²) in [4.78, 5) is 11.2. The fraction of sp³-hybridized carbons (Fsp3) is 0.417. The lowest BCUT2D eigenvalue weighted by Crippen LogP contribution is -2.21. The summed E-state index contributed by atoms with van der Waals surface area (Å²) in [5.74, 6) is -0.130. The molecule has 0 aromatic heterocycles. The van der Waals surface area contributed by atoms with Crippen molar-refractivity contribution in [2.24, 2.45) is 5.73 Å². The fourth-order valence-electron chi connectivity index (χ4n) is 1.38. The van der Waals surface area contributed by atoms with Crippen molar-refractivity contribution in [3.8, 4) is 5.75 Å². The second-order valence-corrected chi connectivity index (χ2v) is 3.71. The normalized spacial score (nSPS) is 12.1. The fourth-order valence-corrected chi connectivity index (χ4v) is 1.38. The molecule has 1 unspecified atom stereocenters. The molecule has 0 aliphatic rings. The van der Waals surface area contributed by atoms with E-state index in [4.69, 9.17) is 20.9 Å². The molecule has 0 saturated heterocycles. The standard InChI is InChI=1S/C12H18N2O3/c1-3-16-7-8(2)17-11-5-4-9(13)6-10(11)12(14)15/h4-6,8H,3,7,13H2,1-2H3,(H2,14,15). The largest absolute Gasteiger partial charge is 0.487 e. The molecule has 0 heterocycles. The first-order chi connectivity index (χ1) is 8.04. The second-order valence-electron chi connectivity index (χ2n) is 3.71. The van der Waals surface area contributed by atoms with E-state index in [1.807, 2.05) is 13.8 Å². The van der Waals surface area contributed by atoms with Gasteiger partial charge in [-0.15, -0.1) is 0 Å². The molecule has 1 aromatic rings. The molecule has 5 nitrogen and oxygen atoms in total. The Balaban J connectivity index is 2.79. The Morgan fingerprint density at radius 2 is 2.18 bits per heavy atom. The monoisotopic (exact) mass is 238 g/mol. The smallest absolute Gasteiger partial charge is 0.252 e. The highest BCUT2D eigenvalue weighted by atomic mass is 16.5.